The predicted molar refractivity (Wildman–Crippen MR) is 134 cm³/mol. The fourth-order valence-electron chi connectivity index (χ4n) is 4.16. The lowest BCUT2D eigenvalue weighted by Gasteiger charge is -2.22. The van der Waals surface area contributed by atoms with E-state index in [-0.39, 0.29) is 23.7 Å². The van der Waals surface area contributed by atoms with Crippen LogP contribution in [-0.4, -0.2) is 68.0 Å². The molecule has 2 aromatic heterocycles. The summed E-state index contributed by atoms with van der Waals surface area (Å²) in [6.45, 7) is 5.10. The molecule has 36 heavy (non-hydrogen) atoms. The molecule has 1 aromatic carbocycles. The van der Waals surface area contributed by atoms with Crippen molar-refractivity contribution in [3.63, 3.8) is 0 Å². The van der Waals surface area contributed by atoms with Gasteiger partial charge in [-0.2, -0.15) is 0 Å². The molecular weight excluding hydrogens is 507 g/mol. The minimum atomic E-state index is -1.38. The fourth-order valence-corrected chi connectivity index (χ4v) is 7.04. The van der Waals surface area contributed by atoms with Crippen molar-refractivity contribution in [2.75, 3.05) is 31.2 Å². The van der Waals surface area contributed by atoms with Gasteiger partial charge in [0.1, 0.15) is 22.5 Å². The van der Waals surface area contributed by atoms with Crippen molar-refractivity contribution in [2.45, 2.75) is 29.7 Å². The molecule has 1 saturated heterocycles. The summed E-state index contributed by atoms with van der Waals surface area (Å²) in [4.78, 5) is 26.4. The van der Waals surface area contributed by atoms with Crippen LogP contribution in [0.2, 0.25) is 0 Å². The number of nitrogens with one attached hydrogen (secondary N) is 2. The number of benzene rings is 1. The van der Waals surface area contributed by atoms with Gasteiger partial charge in [0.05, 0.1) is 9.79 Å². The zero-order valence-electron chi connectivity index (χ0n) is 20.3. The first-order chi connectivity index (χ1) is 17.2. The van der Waals surface area contributed by atoms with Gasteiger partial charge >= 0.3 is 0 Å². The average molecular weight is 535 g/mol. The van der Waals surface area contributed by atoms with Gasteiger partial charge in [-0.25, -0.2) is 13.3 Å². The molecule has 2 aliphatic heterocycles. The number of thioether (sulfide) groups is 1. The number of halogens is 1. The molecule has 5 rings (SSSR count). The maximum atomic E-state index is 13.5. The van der Waals surface area contributed by atoms with E-state index >= 15 is 0 Å². The Balaban J connectivity index is 0.000000325. The third kappa shape index (κ3) is 5.75. The number of likely N-dealkylation sites (N-methyl/N-ethyl adjacent to an activating group) is 1. The molecule has 0 radical (unpaired) electrons. The van der Waals surface area contributed by atoms with Crippen molar-refractivity contribution in [3.05, 3.63) is 53.3 Å². The van der Waals surface area contributed by atoms with Crippen LogP contribution >= 0.6 is 11.8 Å². The molecule has 0 bridgehead atoms. The van der Waals surface area contributed by atoms with E-state index in [1.807, 2.05) is 0 Å². The summed E-state index contributed by atoms with van der Waals surface area (Å²) in [5.74, 6) is 1.07. The molecule has 0 spiro atoms. The van der Waals surface area contributed by atoms with Gasteiger partial charge in [0.25, 0.3) is 11.8 Å². The topological polar surface area (TPSA) is 122 Å². The van der Waals surface area contributed by atoms with Crippen LogP contribution in [-0.2, 0) is 18.0 Å². The second-order valence-corrected chi connectivity index (χ2v) is 11.0. The number of likely N-dealkylation sites (tertiary alicyclic amines) is 1. The minimum absolute atomic E-state index is 0.0301. The lowest BCUT2D eigenvalue weighted by molar-refractivity contribution is 0.101. The SMILES string of the molecule is Cc1cc(NC(=O)c2c3c(cn2C)S(=O)NC2CN(C)CC2CS3)ccc1F.Cc1nnc(C=O)o1. The maximum absolute atomic E-state index is 13.5. The maximum Gasteiger partial charge on any atom is 0.280 e. The standard InChI is InChI=1S/C19H23FN4O2S2.C4H4N2O2/c1-11-6-13(4-5-14(11)20)21-19(25)17-18-16(9-24(17)3)28(26)22-15-8-23(2)7-12(15)10-27-18;1-3-5-6-4(2-7)8-3/h4-6,9,12,15,22H,7-8,10H2,1-3H3,(H,21,25);2H,1H3. The molecule has 0 aliphatic carbocycles. The molecule has 1 amide bonds. The number of nitrogens with zero attached hydrogens (tertiary/aromatic N) is 4. The number of fused-ring (bicyclic) bond motifs is 2. The molecule has 2 aliphatic rings. The summed E-state index contributed by atoms with van der Waals surface area (Å²) >= 11 is 1.60. The zero-order chi connectivity index (χ0) is 26.0. The van der Waals surface area contributed by atoms with Gasteiger partial charge < -0.3 is 19.2 Å². The van der Waals surface area contributed by atoms with Crippen LogP contribution in [0.15, 0.2) is 38.6 Å². The van der Waals surface area contributed by atoms with E-state index in [0.29, 0.717) is 39.9 Å². The third-order valence-electron chi connectivity index (χ3n) is 5.90. The molecule has 192 valence electrons. The lowest BCUT2D eigenvalue weighted by atomic mass is 10.1. The van der Waals surface area contributed by atoms with Crippen molar-refractivity contribution in [2.24, 2.45) is 13.0 Å². The van der Waals surface area contributed by atoms with E-state index in [2.05, 4.69) is 36.6 Å². The number of aryl methyl sites for hydroxylation is 3. The summed E-state index contributed by atoms with van der Waals surface area (Å²) < 4.78 is 36.0. The normalized spacial score (nSPS) is 21.4. The minimum Gasteiger partial charge on any atom is -0.419 e. The van der Waals surface area contributed by atoms with Crippen LogP contribution in [0.4, 0.5) is 10.1 Å². The second-order valence-electron chi connectivity index (χ2n) is 8.76. The number of anilines is 1. The largest absolute Gasteiger partial charge is 0.419 e. The Morgan fingerprint density at radius 2 is 2.08 bits per heavy atom. The molecular formula is C23H27FN6O4S2. The first kappa shape index (κ1) is 26.2. The summed E-state index contributed by atoms with van der Waals surface area (Å²) in [5, 5.41) is 9.63. The summed E-state index contributed by atoms with van der Waals surface area (Å²) in [6, 6.07) is 4.67. The van der Waals surface area contributed by atoms with E-state index in [1.165, 1.54) is 6.07 Å². The van der Waals surface area contributed by atoms with Crippen molar-refractivity contribution >= 4 is 40.6 Å². The lowest BCUT2D eigenvalue weighted by Crippen LogP contribution is -2.39. The third-order valence-corrected chi connectivity index (χ3v) is 8.55. The number of aromatic nitrogens is 3. The average Bonchev–Trinajstić information content (AvgIpc) is 3.50. The van der Waals surface area contributed by atoms with E-state index in [4.69, 9.17) is 0 Å². The number of carbonyl (C=O) groups is 2. The fraction of sp³-hybridized carbons (Fsp3) is 0.391. The van der Waals surface area contributed by atoms with Crippen molar-refractivity contribution in [1.29, 1.82) is 0 Å². The Hall–Kier alpha value is -2.87. The number of aldehydes is 1. The summed E-state index contributed by atoms with van der Waals surface area (Å²) in [7, 11) is 2.47. The van der Waals surface area contributed by atoms with Crippen LogP contribution in [0.3, 0.4) is 0 Å². The van der Waals surface area contributed by atoms with E-state index < -0.39 is 11.0 Å². The first-order valence-corrected chi connectivity index (χ1v) is 13.3. The second kappa shape index (κ2) is 11.0. The highest BCUT2D eigenvalue weighted by atomic mass is 32.2. The Morgan fingerprint density at radius 3 is 2.72 bits per heavy atom. The zero-order valence-corrected chi connectivity index (χ0v) is 21.9. The number of rotatable bonds is 3. The highest BCUT2D eigenvalue weighted by molar-refractivity contribution is 8.00. The Labute approximate surface area is 214 Å². The Morgan fingerprint density at radius 1 is 1.31 bits per heavy atom. The van der Waals surface area contributed by atoms with E-state index in [9.17, 15) is 18.2 Å². The van der Waals surface area contributed by atoms with Gasteiger partial charge in [0, 0.05) is 50.7 Å². The molecule has 13 heteroatoms. The predicted octanol–water partition coefficient (Wildman–Crippen LogP) is 2.56. The van der Waals surface area contributed by atoms with Crippen LogP contribution in [0.25, 0.3) is 0 Å². The quantitative estimate of drug-likeness (QED) is 0.492. The molecule has 3 atom stereocenters. The highest BCUT2D eigenvalue weighted by Gasteiger charge is 2.36. The van der Waals surface area contributed by atoms with Crippen LogP contribution < -0.4 is 10.0 Å². The van der Waals surface area contributed by atoms with Gasteiger partial charge in [0.15, 0.2) is 0 Å². The van der Waals surface area contributed by atoms with E-state index in [0.717, 1.165) is 23.7 Å². The molecule has 0 saturated carbocycles. The summed E-state index contributed by atoms with van der Waals surface area (Å²) in [5.41, 5.74) is 1.48. The molecule has 1 fully saturated rings. The highest BCUT2D eigenvalue weighted by Crippen LogP contribution is 2.36. The number of amides is 1. The van der Waals surface area contributed by atoms with Gasteiger partial charge in [-0.3, -0.25) is 9.59 Å². The van der Waals surface area contributed by atoms with Gasteiger partial charge in [-0.1, -0.05) is 0 Å². The van der Waals surface area contributed by atoms with Gasteiger partial charge in [-0.05, 0) is 43.7 Å². The summed E-state index contributed by atoms with van der Waals surface area (Å²) in [6.07, 6.45) is 2.27. The number of carbonyl (C=O) groups excluding carboxylic acids is 2. The molecule has 10 nitrogen and oxygen atoms in total. The van der Waals surface area contributed by atoms with E-state index in [1.54, 1.807) is 55.6 Å². The molecule has 3 aromatic rings. The first-order valence-electron chi connectivity index (χ1n) is 11.2. The molecule has 2 N–H and O–H groups in total. The van der Waals surface area contributed by atoms with Gasteiger partial charge in [0.2, 0.25) is 12.2 Å². The van der Waals surface area contributed by atoms with Crippen LogP contribution in [0.1, 0.15) is 32.6 Å². The van der Waals surface area contributed by atoms with Crippen molar-refractivity contribution < 1.29 is 22.6 Å². The monoisotopic (exact) mass is 534 g/mol. The molecule has 4 heterocycles. The van der Waals surface area contributed by atoms with Crippen molar-refractivity contribution in [3.8, 4) is 0 Å². The smallest absolute Gasteiger partial charge is 0.280 e. The van der Waals surface area contributed by atoms with Crippen LogP contribution in [0.5, 0.6) is 0 Å². The number of hydrogen-bond acceptors (Lipinski definition) is 8. The van der Waals surface area contributed by atoms with Crippen molar-refractivity contribution in [1.82, 2.24) is 24.4 Å². The number of hydrogen-bond donors (Lipinski definition) is 2. The Kier molecular flexibility index (Phi) is 8.03. The Bertz CT molecular complexity index is 1310. The molecule has 3 unspecified atom stereocenters. The van der Waals surface area contributed by atoms with Crippen LogP contribution in [0, 0.1) is 25.6 Å². The van der Waals surface area contributed by atoms with Gasteiger partial charge in [-0.15, -0.1) is 22.0 Å².